The van der Waals surface area contributed by atoms with Crippen molar-refractivity contribution in [2.24, 2.45) is 11.8 Å². The van der Waals surface area contributed by atoms with Crippen LogP contribution in [-0.2, 0) is 53.7 Å². The van der Waals surface area contributed by atoms with E-state index in [1.165, 1.54) is 12.1 Å². The van der Waals surface area contributed by atoms with E-state index in [0.29, 0.717) is 52.9 Å². The van der Waals surface area contributed by atoms with Gasteiger partial charge in [0.25, 0.3) is 0 Å². The van der Waals surface area contributed by atoms with Crippen molar-refractivity contribution in [2.45, 2.75) is 107 Å². The number of nitrogens with zero attached hydrogens (tertiary/aromatic N) is 3. The van der Waals surface area contributed by atoms with Gasteiger partial charge in [-0.3, -0.25) is 14.5 Å². The Bertz CT molecular complexity index is 1700. The zero-order valence-corrected chi connectivity index (χ0v) is 33.4. The molecule has 2 amide bonds. The highest BCUT2D eigenvalue weighted by atomic mass is 16.4. The summed E-state index contributed by atoms with van der Waals surface area (Å²) >= 11 is 0. The van der Waals surface area contributed by atoms with Crippen LogP contribution in [0.2, 0.25) is 0 Å². The zero-order chi connectivity index (χ0) is 41.4. The third kappa shape index (κ3) is 15.1. The molecule has 12 nitrogen and oxygen atoms in total. The third-order valence-corrected chi connectivity index (χ3v) is 8.34. The number of carbonyl (C=O) groups excluding carboxylic acids is 3. The Hall–Kier alpha value is -5.36. The molecule has 1 heterocycles. The summed E-state index contributed by atoms with van der Waals surface area (Å²) in [5.41, 5.74) is 3.86. The topological polar surface area (TPSA) is 173 Å². The maximum atomic E-state index is 13.6. The quantitative estimate of drug-likeness (QED) is 0.195. The van der Waals surface area contributed by atoms with Crippen LogP contribution >= 0.6 is 0 Å². The Labute approximate surface area is 324 Å². The highest BCUT2D eigenvalue weighted by Crippen LogP contribution is 2.24. The molecule has 0 saturated heterocycles. The van der Waals surface area contributed by atoms with Crippen LogP contribution in [0.3, 0.4) is 0 Å². The molecule has 4 rings (SSSR count). The van der Waals surface area contributed by atoms with E-state index in [2.05, 4.69) is 0 Å². The van der Waals surface area contributed by atoms with Crippen LogP contribution in [0.25, 0.3) is 0 Å². The van der Waals surface area contributed by atoms with Crippen LogP contribution in [-0.4, -0.2) is 73.1 Å². The van der Waals surface area contributed by atoms with Crippen LogP contribution in [0.15, 0.2) is 54.6 Å². The first-order valence-corrected chi connectivity index (χ1v) is 18.7. The number of carboxylic acid groups (broad SMARTS) is 3. The second kappa shape index (κ2) is 22.1. The standard InChI is InChI=1S/C38H45N3O8.C3H6O.C2H6/c1-23(2)6-34(42)40-19-27-8-25(11-31(13-27)36(44)45)17-39(5)18-26-9-28(14-32(12-26)37(46)47)20-41(35(43)7-24(3)4)22-30-10-29(21-40)15-33(16-30)38(48)49;1-2-3-4;1-2/h8-16,23-24H,6-7,17-22H2,1-5H3,(H,44,45)(H,46,47)(H,48,49);3H,2H2,1H3;1-2H3. The molecule has 12 heteroatoms. The third-order valence-electron chi connectivity index (χ3n) is 8.34. The average molecular weight is 760 g/mol. The van der Waals surface area contributed by atoms with E-state index in [4.69, 9.17) is 0 Å². The number of aromatic carboxylic acids is 3. The summed E-state index contributed by atoms with van der Waals surface area (Å²) in [5, 5.41) is 29.9. The highest BCUT2D eigenvalue weighted by Gasteiger charge is 2.22. The lowest BCUT2D eigenvalue weighted by molar-refractivity contribution is -0.134. The van der Waals surface area contributed by atoms with Gasteiger partial charge in [-0.15, -0.1) is 0 Å². The number of benzene rings is 3. The summed E-state index contributed by atoms with van der Waals surface area (Å²) in [6, 6.07) is 14.8. The molecule has 3 aromatic rings. The summed E-state index contributed by atoms with van der Waals surface area (Å²) < 4.78 is 0. The minimum Gasteiger partial charge on any atom is -0.478 e. The highest BCUT2D eigenvalue weighted by molar-refractivity contribution is 5.89. The average Bonchev–Trinajstić information content (AvgIpc) is 3.10. The molecule has 0 atom stereocenters. The molecule has 0 aromatic heterocycles. The van der Waals surface area contributed by atoms with Gasteiger partial charge in [-0.1, -0.05) is 66.7 Å². The van der Waals surface area contributed by atoms with Crippen molar-refractivity contribution in [3.05, 3.63) is 105 Å². The Morgan fingerprint density at radius 3 is 0.982 bits per heavy atom. The normalized spacial score (nSPS) is 13.3. The summed E-state index contributed by atoms with van der Waals surface area (Å²) in [4.78, 5) is 78.2. The van der Waals surface area contributed by atoms with Gasteiger partial charge in [0, 0.05) is 58.5 Å². The lowest BCUT2D eigenvalue weighted by Gasteiger charge is -2.27. The number of fused-ring (bicyclic) bond motifs is 6. The second-order valence-corrected chi connectivity index (χ2v) is 14.5. The van der Waals surface area contributed by atoms with Crippen molar-refractivity contribution in [1.29, 1.82) is 0 Å². The minimum absolute atomic E-state index is 0.00257. The molecule has 298 valence electrons. The van der Waals surface area contributed by atoms with Gasteiger partial charge >= 0.3 is 17.9 Å². The van der Waals surface area contributed by atoms with Gasteiger partial charge in [0.05, 0.1) is 16.7 Å². The molecule has 0 fully saturated rings. The fraction of sp³-hybridized carbons (Fsp3) is 0.442. The number of carboxylic acids is 3. The van der Waals surface area contributed by atoms with Crippen molar-refractivity contribution in [3.63, 3.8) is 0 Å². The number of amides is 2. The SMILES string of the molecule is CC.CC(C)CC(=O)N1Cc2cc(cc(C(=O)O)c2)CN(C)Cc2cc(cc(C(=O)O)c2)CN(C(=O)CC(C)C)Cc2cc(cc(C(=O)O)c2)C1.CCC=O. The molecule has 0 radical (unpaired) electrons. The van der Waals surface area contributed by atoms with Gasteiger partial charge in [-0.25, -0.2) is 14.4 Å². The summed E-state index contributed by atoms with van der Waals surface area (Å²) in [7, 11) is 1.85. The Morgan fingerprint density at radius 1 is 0.545 bits per heavy atom. The Balaban J connectivity index is 0.00000163. The maximum absolute atomic E-state index is 13.6. The van der Waals surface area contributed by atoms with Crippen LogP contribution in [0.1, 0.15) is 132 Å². The predicted molar refractivity (Wildman–Crippen MR) is 210 cm³/mol. The largest absolute Gasteiger partial charge is 0.478 e. The number of carbonyl (C=O) groups is 6. The number of hydrogen-bond acceptors (Lipinski definition) is 7. The van der Waals surface area contributed by atoms with Crippen LogP contribution < -0.4 is 0 Å². The van der Waals surface area contributed by atoms with Crippen molar-refractivity contribution >= 4 is 36.0 Å². The Kier molecular flexibility index (Phi) is 18.4. The first-order chi connectivity index (χ1) is 26.0. The van der Waals surface area contributed by atoms with Crippen molar-refractivity contribution < 1.29 is 44.1 Å². The molecule has 6 bridgehead atoms. The number of rotatable bonds is 8. The summed E-state index contributed by atoms with van der Waals surface area (Å²) in [6.45, 7) is 14.5. The van der Waals surface area contributed by atoms with E-state index in [9.17, 15) is 44.1 Å². The first kappa shape index (κ1) is 45.8. The molecule has 0 saturated carbocycles. The van der Waals surface area contributed by atoms with E-state index < -0.39 is 17.9 Å². The fourth-order valence-corrected chi connectivity index (χ4v) is 6.19. The summed E-state index contributed by atoms with van der Waals surface area (Å²) in [5.74, 6) is -3.60. The van der Waals surface area contributed by atoms with Crippen molar-refractivity contribution in [1.82, 2.24) is 14.7 Å². The second-order valence-electron chi connectivity index (χ2n) is 14.5. The van der Waals surface area contributed by atoms with Crippen molar-refractivity contribution in [3.8, 4) is 0 Å². The van der Waals surface area contributed by atoms with Gasteiger partial charge in [-0.05, 0) is 88.7 Å². The van der Waals surface area contributed by atoms with E-state index in [1.54, 1.807) is 40.1 Å². The number of hydrogen-bond donors (Lipinski definition) is 3. The van der Waals surface area contributed by atoms with Crippen molar-refractivity contribution in [2.75, 3.05) is 7.05 Å². The van der Waals surface area contributed by atoms with Gasteiger partial charge < -0.3 is 29.9 Å². The van der Waals surface area contributed by atoms with Gasteiger partial charge in [0.2, 0.25) is 11.8 Å². The van der Waals surface area contributed by atoms with Crippen LogP contribution in [0, 0.1) is 11.8 Å². The first-order valence-electron chi connectivity index (χ1n) is 18.7. The molecular formula is C43H57N3O9. The lowest BCUT2D eigenvalue weighted by Crippen LogP contribution is -2.32. The van der Waals surface area contributed by atoms with Crippen LogP contribution in [0.5, 0.6) is 0 Å². The van der Waals surface area contributed by atoms with E-state index in [0.717, 1.165) is 6.29 Å². The molecule has 55 heavy (non-hydrogen) atoms. The maximum Gasteiger partial charge on any atom is 0.335 e. The molecule has 1 aliphatic rings. The predicted octanol–water partition coefficient (Wildman–Crippen LogP) is 7.50. The number of aldehydes is 1. The summed E-state index contributed by atoms with van der Waals surface area (Å²) in [6.07, 6.45) is 2.00. The Morgan fingerprint density at radius 2 is 0.782 bits per heavy atom. The minimum atomic E-state index is -1.16. The van der Waals surface area contributed by atoms with E-state index in [1.807, 2.05) is 72.5 Å². The molecule has 3 N–H and O–H groups in total. The van der Waals surface area contributed by atoms with E-state index >= 15 is 0 Å². The monoisotopic (exact) mass is 759 g/mol. The zero-order valence-electron chi connectivity index (χ0n) is 33.4. The van der Waals surface area contributed by atoms with E-state index in [-0.39, 0.29) is 79.4 Å². The van der Waals surface area contributed by atoms with Gasteiger partial charge in [0.15, 0.2) is 0 Å². The smallest absolute Gasteiger partial charge is 0.335 e. The van der Waals surface area contributed by atoms with Gasteiger partial charge in [-0.2, -0.15) is 0 Å². The van der Waals surface area contributed by atoms with Crippen LogP contribution in [0.4, 0.5) is 0 Å². The fourth-order valence-electron chi connectivity index (χ4n) is 6.19. The molecule has 0 spiro atoms. The van der Waals surface area contributed by atoms with Gasteiger partial charge in [0.1, 0.15) is 6.29 Å². The lowest BCUT2D eigenvalue weighted by atomic mass is 10.0. The molecule has 0 unspecified atom stereocenters. The molecule has 1 aliphatic heterocycles. The molecule has 3 aromatic carbocycles. The molecular weight excluding hydrogens is 702 g/mol. The molecule has 0 aliphatic carbocycles.